The minimum Gasteiger partial charge on any atom is -0.458 e. The number of rotatable bonds is 4. The number of aromatic nitrogens is 2. The Morgan fingerprint density at radius 1 is 1.37 bits per heavy atom. The molecule has 4 heterocycles. The zero-order chi connectivity index (χ0) is 24.2. The molecule has 1 aromatic carbocycles. The first-order chi connectivity index (χ1) is 16.3. The molecule has 11 heteroatoms. The summed E-state index contributed by atoms with van der Waals surface area (Å²) < 4.78 is 6.68. The number of carbonyl (C=O) groups is 2. The number of hydrogen-bond acceptors (Lipinski definition) is 8. The molecule has 2 aromatic heterocycles. The molecule has 0 fully saturated rings. The van der Waals surface area contributed by atoms with Gasteiger partial charge in [-0.25, -0.2) is 15.2 Å². The van der Waals surface area contributed by atoms with Crippen molar-refractivity contribution in [3.05, 3.63) is 62.9 Å². The number of cyclic esters (lactones) is 1. The van der Waals surface area contributed by atoms with Crippen LogP contribution in [0.2, 0.25) is 0 Å². The fourth-order valence-electron chi connectivity index (χ4n) is 4.47. The number of aliphatic hydroxyl groups is 1. The van der Waals surface area contributed by atoms with Crippen molar-refractivity contribution in [2.75, 3.05) is 0 Å². The van der Waals surface area contributed by atoms with Gasteiger partial charge in [-0.05, 0) is 25.5 Å². The minimum absolute atomic E-state index is 0. The molecule has 2 aliphatic heterocycles. The fraction of sp³-hybridized carbons (Fsp3) is 0.292. The van der Waals surface area contributed by atoms with Crippen molar-refractivity contribution in [2.24, 2.45) is 10.8 Å². The predicted octanol–water partition coefficient (Wildman–Crippen LogP) is 1.30. The van der Waals surface area contributed by atoms with E-state index in [-0.39, 0.29) is 48.7 Å². The number of amides is 1. The predicted molar refractivity (Wildman–Crippen MR) is 131 cm³/mol. The molecule has 2 aliphatic rings. The molecule has 0 aliphatic carbocycles. The van der Waals surface area contributed by atoms with Crippen molar-refractivity contribution < 1.29 is 19.4 Å². The first-order valence-corrected chi connectivity index (χ1v) is 10.9. The molecule has 0 bridgehead atoms. The highest BCUT2D eigenvalue weighted by molar-refractivity contribution is 6.02. The second kappa shape index (κ2) is 8.88. The number of nitrogens with one attached hydrogen (secondary N) is 1. The summed E-state index contributed by atoms with van der Waals surface area (Å²) in [5.41, 5.74) is 9.43. The van der Waals surface area contributed by atoms with Crippen LogP contribution in [-0.4, -0.2) is 38.8 Å². The average Bonchev–Trinajstić information content (AvgIpc) is 3.20. The van der Waals surface area contributed by atoms with Crippen LogP contribution >= 0.6 is 12.4 Å². The first kappa shape index (κ1) is 24.5. The van der Waals surface area contributed by atoms with E-state index in [2.05, 4.69) is 10.5 Å². The Labute approximate surface area is 206 Å². The van der Waals surface area contributed by atoms with E-state index < -0.39 is 23.5 Å². The van der Waals surface area contributed by atoms with E-state index in [1.54, 1.807) is 24.5 Å². The van der Waals surface area contributed by atoms with Crippen LogP contribution in [0, 0.1) is 0 Å². The van der Waals surface area contributed by atoms with Gasteiger partial charge in [-0.1, -0.05) is 25.1 Å². The van der Waals surface area contributed by atoms with E-state index >= 15 is 0 Å². The number of ether oxygens (including phenoxy) is 1. The van der Waals surface area contributed by atoms with Gasteiger partial charge in [0.05, 0.1) is 41.3 Å². The minimum atomic E-state index is -1.89. The molecular weight excluding hydrogens is 474 g/mol. The lowest BCUT2D eigenvalue weighted by molar-refractivity contribution is -0.172. The highest BCUT2D eigenvalue weighted by atomic mass is 35.5. The number of nitrogens with two attached hydrogens (primary N) is 1. The Balaban J connectivity index is 0.00000289. The summed E-state index contributed by atoms with van der Waals surface area (Å²) in [6.45, 7) is 3.24. The number of carbonyl (C=O) groups excluding carboxylic acids is 2. The van der Waals surface area contributed by atoms with E-state index in [0.29, 0.717) is 22.5 Å². The second-order valence-electron chi connectivity index (χ2n) is 8.50. The quantitative estimate of drug-likeness (QED) is 0.218. The van der Waals surface area contributed by atoms with Crippen LogP contribution in [0.1, 0.15) is 42.5 Å². The molecule has 4 N–H and O–H groups in total. The van der Waals surface area contributed by atoms with Crippen LogP contribution in [0.4, 0.5) is 0 Å². The number of hydrogen-bond donors (Lipinski definition) is 3. The van der Waals surface area contributed by atoms with Gasteiger partial charge in [-0.2, -0.15) is 5.10 Å². The number of pyridine rings is 2. The zero-order valence-corrected chi connectivity index (χ0v) is 19.9. The molecule has 3 aromatic rings. The molecule has 2 atom stereocenters. The third kappa shape index (κ3) is 3.70. The van der Waals surface area contributed by atoms with E-state index in [1.165, 1.54) is 6.21 Å². The Bertz CT molecular complexity index is 1460. The van der Waals surface area contributed by atoms with Gasteiger partial charge >= 0.3 is 5.97 Å². The molecule has 35 heavy (non-hydrogen) atoms. The molecule has 0 saturated carbocycles. The Morgan fingerprint density at radius 2 is 2.11 bits per heavy atom. The number of fused-ring (bicyclic) bond motifs is 5. The van der Waals surface area contributed by atoms with Crippen LogP contribution < -0.4 is 16.7 Å². The van der Waals surface area contributed by atoms with E-state index in [4.69, 9.17) is 15.5 Å². The number of nitrogens with zero attached hydrogens (tertiary/aromatic N) is 3. The summed E-state index contributed by atoms with van der Waals surface area (Å²) in [6.07, 6.45) is 1.59. The molecule has 182 valence electrons. The maximum Gasteiger partial charge on any atom is 0.343 e. The van der Waals surface area contributed by atoms with Gasteiger partial charge in [0.15, 0.2) is 5.60 Å². The molecule has 0 saturated heterocycles. The number of benzene rings is 1. The smallest absolute Gasteiger partial charge is 0.343 e. The largest absolute Gasteiger partial charge is 0.458 e. The van der Waals surface area contributed by atoms with Crippen molar-refractivity contribution in [1.29, 1.82) is 0 Å². The summed E-state index contributed by atoms with van der Waals surface area (Å²) in [5, 5.41) is 15.9. The molecule has 0 radical (unpaired) electrons. The second-order valence-corrected chi connectivity index (χ2v) is 8.50. The molecule has 1 amide bonds. The van der Waals surface area contributed by atoms with Crippen molar-refractivity contribution >= 4 is 41.4 Å². The summed E-state index contributed by atoms with van der Waals surface area (Å²) in [6, 6.07) is 8.39. The van der Waals surface area contributed by atoms with Gasteiger partial charge in [0.1, 0.15) is 6.61 Å². The molecule has 5 rings (SSSR count). The maximum atomic E-state index is 13.4. The Morgan fingerprint density at radius 3 is 2.83 bits per heavy atom. The van der Waals surface area contributed by atoms with Crippen LogP contribution in [0.3, 0.4) is 0 Å². The maximum absolute atomic E-state index is 13.4. The molecule has 0 spiro atoms. The SMILES string of the molecule is CC[C@@]1(O)C(=O)OCc2c1cc1n(c2=O)Cc2c-1nc1ccccc1c2C=NNC(=O)C(C)N.Cl. The molecular formula is C24H24ClN5O5. The van der Waals surface area contributed by atoms with Crippen molar-refractivity contribution in [3.63, 3.8) is 0 Å². The van der Waals surface area contributed by atoms with Crippen LogP contribution in [0.15, 0.2) is 40.2 Å². The normalized spacial score (nSPS) is 18.9. The zero-order valence-electron chi connectivity index (χ0n) is 19.1. The van der Waals surface area contributed by atoms with Crippen molar-refractivity contribution in [3.8, 4) is 11.4 Å². The van der Waals surface area contributed by atoms with Crippen molar-refractivity contribution in [1.82, 2.24) is 15.0 Å². The lowest BCUT2D eigenvalue weighted by atomic mass is 9.86. The summed E-state index contributed by atoms with van der Waals surface area (Å²) in [7, 11) is 0. The fourth-order valence-corrected chi connectivity index (χ4v) is 4.47. The third-order valence-corrected chi connectivity index (χ3v) is 6.42. The average molecular weight is 498 g/mol. The number of hydrazone groups is 1. The summed E-state index contributed by atoms with van der Waals surface area (Å²) in [5.74, 6) is -1.20. The summed E-state index contributed by atoms with van der Waals surface area (Å²) in [4.78, 5) is 42.4. The monoisotopic (exact) mass is 497 g/mol. The van der Waals surface area contributed by atoms with Crippen LogP contribution in [0.5, 0.6) is 0 Å². The lowest BCUT2D eigenvalue weighted by Crippen LogP contribution is -2.44. The summed E-state index contributed by atoms with van der Waals surface area (Å²) >= 11 is 0. The van der Waals surface area contributed by atoms with Gasteiger partial charge in [-0.15, -0.1) is 12.4 Å². The van der Waals surface area contributed by atoms with Crippen molar-refractivity contribution in [2.45, 2.75) is 45.1 Å². The Kier molecular flexibility index (Phi) is 6.22. The highest BCUT2D eigenvalue weighted by Crippen LogP contribution is 2.39. The van der Waals surface area contributed by atoms with Gasteiger partial charge in [-0.3, -0.25) is 9.59 Å². The van der Waals surface area contributed by atoms with Gasteiger partial charge < -0.3 is 20.1 Å². The topological polar surface area (TPSA) is 149 Å². The van der Waals surface area contributed by atoms with E-state index in [0.717, 1.165) is 10.9 Å². The third-order valence-electron chi connectivity index (χ3n) is 6.42. The van der Waals surface area contributed by atoms with Crippen LogP contribution in [0.25, 0.3) is 22.3 Å². The first-order valence-electron chi connectivity index (χ1n) is 10.9. The molecule has 10 nitrogen and oxygen atoms in total. The Hall–Kier alpha value is -3.60. The van der Waals surface area contributed by atoms with Gasteiger partial charge in [0.2, 0.25) is 0 Å². The highest BCUT2D eigenvalue weighted by Gasteiger charge is 2.45. The van der Waals surface area contributed by atoms with Gasteiger partial charge in [0.25, 0.3) is 11.5 Å². The molecule has 1 unspecified atom stereocenters. The van der Waals surface area contributed by atoms with E-state index in [1.807, 2.05) is 24.3 Å². The van der Waals surface area contributed by atoms with Gasteiger partial charge in [0, 0.05) is 22.1 Å². The van der Waals surface area contributed by atoms with Crippen LogP contribution in [-0.2, 0) is 33.1 Å². The standard InChI is InChI=1S/C24H23N5O5.ClH/c1-3-24(33)17-8-19-20-15(10-29(19)22(31)16(17)11-34-23(24)32)14(9-26-28-21(30)12(2)25)13-6-4-5-7-18(13)27-20;/h4-9,12,33H,3,10-11,25H2,1-2H3,(H,28,30);1H/t12?,24-;/m0./s1. The lowest BCUT2D eigenvalue weighted by Gasteiger charge is -2.31. The number of para-hydroxylation sites is 1. The number of halogens is 1. The van der Waals surface area contributed by atoms with E-state index in [9.17, 15) is 19.5 Å². The number of esters is 1.